The number of nitrogens with one attached hydrogen (secondary N) is 1. The number of hydrogen-bond acceptors (Lipinski definition) is 5. The van der Waals surface area contributed by atoms with Gasteiger partial charge in [0.2, 0.25) is 0 Å². The van der Waals surface area contributed by atoms with Crippen molar-refractivity contribution < 1.29 is 4.74 Å². The Kier molecular flexibility index (Phi) is 3.05. The molecular formula is C8H15N5O. The molecule has 0 spiro atoms. The van der Waals surface area contributed by atoms with Gasteiger partial charge in [-0.05, 0) is 30.3 Å². The summed E-state index contributed by atoms with van der Waals surface area (Å²) in [5, 5.41) is 14.7. The Hall–Kier alpha value is -1.01. The molecule has 0 bridgehead atoms. The molecule has 1 atom stereocenters. The van der Waals surface area contributed by atoms with E-state index in [1.165, 1.54) is 0 Å². The van der Waals surface area contributed by atoms with Crippen molar-refractivity contribution in [2.24, 2.45) is 0 Å². The highest BCUT2D eigenvalue weighted by molar-refractivity contribution is 4.84. The van der Waals surface area contributed by atoms with Gasteiger partial charge in [-0.1, -0.05) is 0 Å². The first kappa shape index (κ1) is 9.54. The Morgan fingerprint density at radius 2 is 2.57 bits per heavy atom. The molecule has 0 saturated carbocycles. The second-order valence-corrected chi connectivity index (χ2v) is 3.44. The molecule has 78 valence electrons. The smallest absolute Gasteiger partial charge is 0.165 e. The second-order valence-electron chi connectivity index (χ2n) is 3.44. The van der Waals surface area contributed by atoms with Crippen LogP contribution in [0.2, 0.25) is 0 Å². The maximum absolute atomic E-state index is 5.40. The quantitative estimate of drug-likeness (QED) is 0.723. The van der Waals surface area contributed by atoms with E-state index >= 15 is 0 Å². The van der Waals surface area contributed by atoms with Crippen molar-refractivity contribution in [2.75, 3.05) is 20.3 Å². The van der Waals surface area contributed by atoms with Crippen molar-refractivity contribution in [2.45, 2.75) is 25.4 Å². The minimum atomic E-state index is 0.307. The van der Waals surface area contributed by atoms with Crippen LogP contribution in [-0.2, 0) is 11.3 Å². The van der Waals surface area contributed by atoms with Gasteiger partial charge in [0.1, 0.15) is 0 Å². The van der Waals surface area contributed by atoms with Crippen LogP contribution in [0.15, 0.2) is 0 Å². The van der Waals surface area contributed by atoms with Crippen LogP contribution in [0.3, 0.4) is 0 Å². The Balaban J connectivity index is 2.09. The molecule has 0 amide bonds. The molecule has 14 heavy (non-hydrogen) atoms. The summed E-state index contributed by atoms with van der Waals surface area (Å²) in [4.78, 5) is 0. The van der Waals surface area contributed by atoms with E-state index in [9.17, 15) is 0 Å². The number of nitrogens with zero attached hydrogens (tertiary/aromatic N) is 4. The van der Waals surface area contributed by atoms with Crippen LogP contribution in [0.5, 0.6) is 0 Å². The zero-order chi connectivity index (χ0) is 9.80. The fourth-order valence-corrected chi connectivity index (χ4v) is 1.69. The van der Waals surface area contributed by atoms with E-state index in [0.717, 1.165) is 31.9 Å². The summed E-state index contributed by atoms with van der Waals surface area (Å²) in [6, 6.07) is 0.307. The highest BCUT2D eigenvalue weighted by Gasteiger charge is 2.19. The topological polar surface area (TPSA) is 64.9 Å². The average Bonchev–Trinajstić information content (AvgIpc) is 2.68. The first-order valence-corrected chi connectivity index (χ1v) is 4.91. The second kappa shape index (κ2) is 4.47. The molecule has 1 aromatic rings. The standard InChI is InChI=1S/C8H15N5O/c1-9-5-8-10-11-12-13(8)7-3-2-4-14-6-7/h7,9H,2-6H2,1H3. The van der Waals surface area contributed by atoms with Gasteiger partial charge in [-0.2, -0.15) is 0 Å². The lowest BCUT2D eigenvalue weighted by Crippen LogP contribution is -2.25. The molecule has 2 rings (SSSR count). The van der Waals surface area contributed by atoms with Gasteiger partial charge in [-0.25, -0.2) is 4.68 Å². The van der Waals surface area contributed by atoms with Gasteiger partial charge in [-0.3, -0.25) is 0 Å². The number of ether oxygens (including phenoxy) is 1. The molecule has 2 heterocycles. The molecule has 1 aliphatic heterocycles. The Morgan fingerprint density at radius 1 is 1.64 bits per heavy atom. The predicted octanol–water partition coefficient (Wildman–Crippen LogP) is -0.256. The van der Waals surface area contributed by atoms with Gasteiger partial charge in [-0.15, -0.1) is 5.10 Å². The molecule has 1 fully saturated rings. The van der Waals surface area contributed by atoms with Crippen molar-refractivity contribution in [3.05, 3.63) is 5.82 Å². The van der Waals surface area contributed by atoms with E-state index < -0.39 is 0 Å². The van der Waals surface area contributed by atoms with Gasteiger partial charge in [0.25, 0.3) is 0 Å². The fourth-order valence-electron chi connectivity index (χ4n) is 1.69. The van der Waals surface area contributed by atoms with Gasteiger partial charge < -0.3 is 10.1 Å². The Bertz CT molecular complexity index is 281. The maximum atomic E-state index is 5.40. The average molecular weight is 197 g/mol. The molecule has 1 aromatic heterocycles. The summed E-state index contributed by atoms with van der Waals surface area (Å²) in [5.74, 6) is 0.878. The lowest BCUT2D eigenvalue weighted by Gasteiger charge is -2.22. The zero-order valence-corrected chi connectivity index (χ0v) is 8.31. The zero-order valence-electron chi connectivity index (χ0n) is 8.31. The molecule has 0 aromatic carbocycles. The molecule has 1 aliphatic rings. The molecule has 1 saturated heterocycles. The third-order valence-corrected chi connectivity index (χ3v) is 2.38. The van der Waals surface area contributed by atoms with E-state index in [1.54, 1.807) is 0 Å². The SMILES string of the molecule is CNCc1nnnn1C1CCCOC1. The molecule has 6 nitrogen and oxygen atoms in total. The van der Waals surface area contributed by atoms with Gasteiger partial charge >= 0.3 is 0 Å². The van der Waals surface area contributed by atoms with E-state index in [1.807, 2.05) is 11.7 Å². The van der Waals surface area contributed by atoms with Crippen molar-refractivity contribution in [1.82, 2.24) is 25.5 Å². The maximum Gasteiger partial charge on any atom is 0.165 e. The van der Waals surface area contributed by atoms with Crippen molar-refractivity contribution in [3.63, 3.8) is 0 Å². The number of aromatic nitrogens is 4. The highest BCUT2D eigenvalue weighted by atomic mass is 16.5. The molecule has 6 heteroatoms. The van der Waals surface area contributed by atoms with E-state index in [0.29, 0.717) is 12.6 Å². The summed E-state index contributed by atoms with van der Waals surface area (Å²) >= 11 is 0. The van der Waals surface area contributed by atoms with Crippen molar-refractivity contribution >= 4 is 0 Å². The molecule has 0 aliphatic carbocycles. The van der Waals surface area contributed by atoms with E-state index in [-0.39, 0.29) is 0 Å². The summed E-state index contributed by atoms with van der Waals surface area (Å²) in [6.07, 6.45) is 2.19. The summed E-state index contributed by atoms with van der Waals surface area (Å²) < 4.78 is 7.27. The summed E-state index contributed by atoms with van der Waals surface area (Å²) in [5.41, 5.74) is 0. The molecule has 1 N–H and O–H groups in total. The minimum Gasteiger partial charge on any atom is -0.379 e. The third-order valence-electron chi connectivity index (χ3n) is 2.38. The van der Waals surface area contributed by atoms with Crippen LogP contribution in [0.4, 0.5) is 0 Å². The van der Waals surface area contributed by atoms with Crippen LogP contribution >= 0.6 is 0 Å². The van der Waals surface area contributed by atoms with E-state index in [4.69, 9.17) is 4.74 Å². The fraction of sp³-hybridized carbons (Fsp3) is 0.875. The van der Waals surface area contributed by atoms with Crippen LogP contribution in [0, 0.1) is 0 Å². The lowest BCUT2D eigenvalue weighted by atomic mass is 10.1. The Morgan fingerprint density at radius 3 is 3.29 bits per heavy atom. The Labute approximate surface area is 82.6 Å². The minimum absolute atomic E-state index is 0.307. The highest BCUT2D eigenvalue weighted by Crippen LogP contribution is 2.18. The van der Waals surface area contributed by atoms with Crippen molar-refractivity contribution in [3.8, 4) is 0 Å². The van der Waals surface area contributed by atoms with Crippen LogP contribution in [0.1, 0.15) is 24.7 Å². The first-order valence-electron chi connectivity index (χ1n) is 4.91. The van der Waals surface area contributed by atoms with E-state index in [2.05, 4.69) is 20.8 Å². The van der Waals surface area contributed by atoms with Crippen LogP contribution in [0.25, 0.3) is 0 Å². The number of hydrogen-bond donors (Lipinski definition) is 1. The van der Waals surface area contributed by atoms with Crippen LogP contribution < -0.4 is 5.32 Å². The molecular weight excluding hydrogens is 182 g/mol. The first-order chi connectivity index (χ1) is 6.92. The predicted molar refractivity (Wildman–Crippen MR) is 49.7 cm³/mol. The lowest BCUT2D eigenvalue weighted by molar-refractivity contribution is 0.0530. The van der Waals surface area contributed by atoms with Gasteiger partial charge in [0, 0.05) is 6.61 Å². The van der Waals surface area contributed by atoms with Gasteiger partial charge in [0.15, 0.2) is 5.82 Å². The summed E-state index contributed by atoms with van der Waals surface area (Å²) in [7, 11) is 1.89. The number of rotatable bonds is 3. The summed E-state index contributed by atoms with van der Waals surface area (Å²) in [6.45, 7) is 2.28. The van der Waals surface area contributed by atoms with Crippen LogP contribution in [-0.4, -0.2) is 40.5 Å². The van der Waals surface area contributed by atoms with Crippen molar-refractivity contribution in [1.29, 1.82) is 0 Å². The van der Waals surface area contributed by atoms with Gasteiger partial charge in [0.05, 0.1) is 19.2 Å². The monoisotopic (exact) mass is 197 g/mol. The molecule has 1 unspecified atom stereocenters. The number of tetrazole rings is 1. The normalized spacial score (nSPS) is 22.5. The molecule has 0 radical (unpaired) electrons. The third kappa shape index (κ3) is 1.91. The largest absolute Gasteiger partial charge is 0.379 e.